The molecule has 5 nitrogen and oxygen atoms in total. The average molecular weight is 300 g/mol. The van der Waals surface area contributed by atoms with Gasteiger partial charge >= 0.3 is 5.97 Å². The average Bonchev–Trinajstić information content (AvgIpc) is 2.38. The van der Waals surface area contributed by atoms with Gasteiger partial charge in [-0.3, -0.25) is 14.5 Å². The van der Waals surface area contributed by atoms with Crippen molar-refractivity contribution >= 4 is 11.9 Å². The molecule has 0 spiro atoms. The van der Waals surface area contributed by atoms with E-state index in [2.05, 4.69) is 12.2 Å². The molecule has 21 heavy (non-hydrogen) atoms. The molecule has 124 valence electrons. The fraction of sp³-hybridized carbons (Fsp3) is 0.875. The summed E-state index contributed by atoms with van der Waals surface area (Å²) in [6.45, 7) is 10.7. The summed E-state index contributed by atoms with van der Waals surface area (Å²) in [5, 5.41) is 3.00. The third kappa shape index (κ3) is 10.3. The zero-order valence-corrected chi connectivity index (χ0v) is 14.3. The van der Waals surface area contributed by atoms with Crippen LogP contribution < -0.4 is 5.32 Å². The largest absolute Gasteiger partial charge is 0.465 e. The fourth-order valence-electron chi connectivity index (χ4n) is 2.07. The lowest BCUT2D eigenvalue weighted by Crippen LogP contribution is -2.45. The number of carbonyl (C=O) groups excluding carboxylic acids is 2. The van der Waals surface area contributed by atoms with Gasteiger partial charge in [0.2, 0.25) is 5.91 Å². The summed E-state index contributed by atoms with van der Waals surface area (Å²) in [6.07, 6.45) is 4.51. The van der Waals surface area contributed by atoms with Gasteiger partial charge < -0.3 is 10.1 Å². The molecule has 0 aromatic heterocycles. The number of nitrogens with zero attached hydrogens (tertiary/aromatic N) is 1. The van der Waals surface area contributed by atoms with E-state index in [0.29, 0.717) is 6.61 Å². The second-order valence-electron chi connectivity index (χ2n) is 5.77. The van der Waals surface area contributed by atoms with E-state index in [0.717, 1.165) is 12.8 Å². The highest BCUT2D eigenvalue weighted by molar-refractivity contribution is 5.79. The van der Waals surface area contributed by atoms with Gasteiger partial charge in [-0.15, -0.1) is 0 Å². The number of ether oxygens (including phenoxy) is 1. The first-order valence-corrected chi connectivity index (χ1v) is 8.09. The Morgan fingerprint density at radius 3 is 2.29 bits per heavy atom. The monoisotopic (exact) mass is 300 g/mol. The number of amides is 1. The second kappa shape index (κ2) is 11.5. The normalized spacial score (nSPS) is 12.5. The molecular formula is C16H32N2O3. The molecule has 1 unspecified atom stereocenters. The highest BCUT2D eigenvalue weighted by Crippen LogP contribution is 2.03. The maximum absolute atomic E-state index is 12.0. The summed E-state index contributed by atoms with van der Waals surface area (Å²) < 4.78 is 4.94. The van der Waals surface area contributed by atoms with Crippen LogP contribution in [0, 0.1) is 0 Å². The standard InChI is InChI=1S/C16H32N2O3/c1-6-8-9-10-14(5)17-15(19)11-18(13(3)4)12-16(20)21-7-2/h13-14H,6-12H2,1-5H3,(H,17,19). The van der Waals surface area contributed by atoms with E-state index in [9.17, 15) is 9.59 Å². The van der Waals surface area contributed by atoms with Gasteiger partial charge in [-0.2, -0.15) is 0 Å². The zero-order chi connectivity index (χ0) is 16.3. The molecular weight excluding hydrogens is 268 g/mol. The number of rotatable bonds is 11. The Labute approximate surface area is 129 Å². The van der Waals surface area contributed by atoms with Crippen LogP contribution in [0.1, 0.15) is 60.3 Å². The van der Waals surface area contributed by atoms with Crippen molar-refractivity contribution in [2.75, 3.05) is 19.7 Å². The molecule has 0 heterocycles. The van der Waals surface area contributed by atoms with E-state index in [-0.39, 0.29) is 37.0 Å². The number of carbonyl (C=O) groups is 2. The van der Waals surface area contributed by atoms with Crippen molar-refractivity contribution in [1.29, 1.82) is 0 Å². The van der Waals surface area contributed by atoms with Gasteiger partial charge in [0.15, 0.2) is 0 Å². The van der Waals surface area contributed by atoms with Gasteiger partial charge in [-0.05, 0) is 34.1 Å². The van der Waals surface area contributed by atoms with Crippen LogP contribution >= 0.6 is 0 Å². The molecule has 0 aliphatic rings. The van der Waals surface area contributed by atoms with E-state index in [1.54, 1.807) is 6.92 Å². The molecule has 5 heteroatoms. The van der Waals surface area contributed by atoms with Gasteiger partial charge in [0, 0.05) is 12.1 Å². The van der Waals surface area contributed by atoms with Crippen LogP contribution in [0.4, 0.5) is 0 Å². The van der Waals surface area contributed by atoms with E-state index in [1.165, 1.54) is 12.8 Å². The summed E-state index contributed by atoms with van der Waals surface area (Å²) in [5.41, 5.74) is 0. The maximum atomic E-state index is 12.0. The molecule has 0 radical (unpaired) electrons. The van der Waals surface area contributed by atoms with E-state index < -0.39 is 0 Å². The van der Waals surface area contributed by atoms with Gasteiger partial charge in [-0.25, -0.2) is 0 Å². The number of nitrogens with one attached hydrogen (secondary N) is 1. The fourth-order valence-corrected chi connectivity index (χ4v) is 2.07. The molecule has 1 N–H and O–H groups in total. The molecule has 0 aliphatic carbocycles. The minimum absolute atomic E-state index is 0.0306. The van der Waals surface area contributed by atoms with Crippen molar-refractivity contribution in [3.63, 3.8) is 0 Å². The molecule has 0 saturated heterocycles. The van der Waals surface area contributed by atoms with Crippen LogP contribution in [0.2, 0.25) is 0 Å². The Kier molecular flexibility index (Phi) is 10.9. The van der Waals surface area contributed by atoms with Gasteiger partial charge in [-0.1, -0.05) is 26.2 Å². The van der Waals surface area contributed by atoms with Gasteiger partial charge in [0.1, 0.15) is 0 Å². The van der Waals surface area contributed by atoms with Gasteiger partial charge in [0.05, 0.1) is 19.7 Å². The summed E-state index contributed by atoms with van der Waals surface area (Å²) in [6, 6.07) is 0.302. The van der Waals surface area contributed by atoms with E-state index in [1.807, 2.05) is 25.7 Å². The molecule has 0 bridgehead atoms. The smallest absolute Gasteiger partial charge is 0.320 e. The Morgan fingerprint density at radius 1 is 1.10 bits per heavy atom. The van der Waals surface area contributed by atoms with Crippen LogP contribution in [-0.2, 0) is 14.3 Å². The zero-order valence-electron chi connectivity index (χ0n) is 14.3. The van der Waals surface area contributed by atoms with Gasteiger partial charge in [0.25, 0.3) is 0 Å². The van der Waals surface area contributed by atoms with E-state index >= 15 is 0 Å². The highest BCUT2D eigenvalue weighted by Gasteiger charge is 2.18. The number of hydrogen-bond donors (Lipinski definition) is 1. The van der Waals surface area contributed by atoms with Crippen molar-refractivity contribution in [3.05, 3.63) is 0 Å². The molecule has 0 aromatic rings. The van der Waals surface area contributed by atoms with Crippen LogP contribution in [-0.4, -0.2) is 48.6 Å². The summed E-state index contributed by atoms with van der Waals surface area (Å²) >= 11 is 0. The molecule has 0 aromatic carbocycles. The lowest BCUT2D eigenvalue weighted by Gasteiger charge is -2.25. The van der Waals surface area contributed by atoms with Crippen molar-refractivity contribution < 1.29 is 14.3 Å². The predicted octanol–water partition coefficient (Wildman–Crippen LogP) is 2.34. The van der Waals surface area contributed by atoms with Crippen LogP contribution in [0.25, 0.3) is 0 Å². The lowest BCUT2D eigenvalue weighted by molar-refractivity contribution is -0.145. The predicted molar refractivity (Wildman–Crippen MR) is 85.1 cm³/mol. The minimum Gasteiger partial charge on any atom is -0.465 e. The molecule has 1 amide bonds. The Balaban J connectivity index is 4.19. The molecule has 0 rings (SSSR count). The number of unbranched alkanes of at least 4 members (excludes halogenated alkanes) is 2. The topological polar surface area (TPSA) is 58.6 Å². The lowest BCUT2D eigenvalue weighted by atomic mass is 10.1. The van der Waals surface area contributed by atoms with Crippen molar-refractivity contribution in [1.82, 2.24) is 10.2 Å². The summed E-state index contributed by atoms with van der Waals surface area (Å²) in [7, 11) is 0. The SMILES string of the molecule is CCCCCC(C)NC(=O)CN(CC(=O)OCC)C(C)C. The summed E-state index contributed by atoms with van der Waals surface area (Å²) in [4.78, 5) is 25.4. The molecule has 0 saturated carbocycles. The Bertz CT molecular complexity index is 306. The highest BCUT2D eigenvalue weighted by atomic mass is 16.5. The Morgan fingerprint density at radius 2 is 1.76 bits per heavy atom. The maximum Gasteiger partial charge on any atom is 0.320 e. The van der Waals surface area contributed by atoms with Crippen molar-refractivity contribution in [3.8, 4) is 0 Å². The third-order valence-corrected chi connectivity index (χ3v) is 3.36. The van der Waals surface area contributed by atoms with E-state index in [4.69, 9.17) is 4.74 Å². The first-order chi connectivity index (χ1) is 9.90. The first-order valence-electron chi connectivity index (χ1n) is 8.09. The Hall–Kier alpha value is -1.10. The third-order valence-electron chi connectivity index (χ3n) is 3.36. The number of esters is 1. The first kappa shape index (κ1) is 19.9. The second-order valence-corrected chi connectivity index (χ2v) is 5.77. The van der Waals surface area contributed by atoms with Crippen LogP contribution in [0.5, 0.6) is 0 Å². The molecule has 1 atom stereocenters. The van der Waals surface area contributed by atoms with Crippen molar-refractivity contribution in [2.45, 2.75) is 72.4 Å². The summed E-state index contributed by atoms with van der Waals surface area (Å²) in [5.74, 6) is -0.313. The van der Waals surface area contributed by atoms with Crippen molar-refractivity contribution in [2.24, 2.45) is 0 Å². The number of hydrogen-bond acceptors (Lipinski definition) is 4. The molecule has 0 aliphatic heterocycles. The quantitative estimate of drug-likeness (QED) is 0.470. The van der Waals surface area contributed by atoms with Crippen LogP contribution in [0.15, 0.2) is 0 Å². The molecule has 0 fully saturated rings. The minimum atomic E-state index is -0.282. The van der Waals surface area contributed by atoms with Crippen LogP contribution in [0.3, 0.4) is 0 Å².